The Hall–Kier alpha value is -1.96. The summed E-state index contributed by atoms with van der Waals surface area (Å²) in [6.45, 7) is 2.53. The second-order valence-electron chi connectivity index (χ2n) is 6.78. The lowest BCUT2D eigenvalue weighted by molar-refractivity contribution is -0.143. The van der Waals surface area contributed by atoms with Crippen molar-refractivity contribution in [3.05, 3.63) is 28.4 Å². The zero-order valence-electron chi connectivity index (χ0n) is 15.4. The molecule has 1 aromatic carbocycles. The third-order valence-electron chi connectivity index (χ3n) is 4.81. The highest BCUT2D eigenvalue weighted by Gasteiger charge is 2.25. The molecule has 27 heavy (non-hydrogen) atoms. The van der Waals surface area contributed by atoms with E-state index in [1.54, 1.807) is 6.20 Å². The quantitative estimate of drug-likeness (QED) is 0.597. The molecule has 1 aliphatic heterocycles. The first kappa shape index (κ1) is 19.8. The molecule has 2 unspecified atom stereocenters. The van der Waals surface area contributed by atoms with Gasteiger partial charge in [-0.3, -0.25) is 9.59 Å². The number of aliphatic hydroxyl groups excluding tert-OH is 1. The van der Waals surface area contributed by atoms with Crippen molar-refractivity contribution >= 4 is 34.3 Å². The predicted octanol–water partition coefficient (Wildman–Crippen LogP) is 3.25. The molecule has 0 saturated carbocycles. The third-order valence-corrected chi connectivity index (χ3v) is 5.31. The fraction of sp³-hybridized carbons (Fsp3) is 0.526. The van der Waals surface area contributed by atoms with E-state index in [1.165, 1.54) is 7.11 Å². The van der Waals surface area contributed by atoms with Crippen LogP contribution in [0.2, 0.25) is 5.02 Å². The van der Waals surface area contributed by atoms with E-state index in [1.807, 2.05) is 17.7 Å². The van der Waals surface area contributed by atoms with Crippen molar-refractivity contribution in [1.82, 2.24) is 9.78 Å². The number of fused-ring (bicyclic) bond motifs is 1. The van der Waals surface area contributed by atoms with E-state index in [4.69, 9.17) is 16.3 Å². The molecular formula is C19H23ClN2O5. The first-order valence-corrected chi connectivity index (χ1v) is 9.34. The molecule has 0 amide bonds. The van der Waals surface area contributed by atoms with E-state index in [2.05, 4.69) is 9.84 Å². The number of benzene rings is 1. The van der Waals surface area contributed by atoms with Gasteiger partial charge in [-0.15, -0.1) is 0 Å². The van der Waals surface area contributed by atoms with Crippen molar-refractivity contribution in [3.8, 4) is 0 Å². The molecule has 2 heterocycles. The Kier molecular flexibility index (Phi) is 6.14. The van der Waals surface area contributed by atoms with Crippen LogP contribution in [0, 0.1) is 6.92 Å². The van der Waals surface area contributed by atoms with Gasteiger partial charge in [-0.2, -0.15) is 5.10 Å². The van der Waals surface area contributed by atoms with E-state index in [-0.39, 0.29) is 19.1 Å². The van der Waals surface area contributed by atoms with Gasteiger partial charge in [0.25, 0.3) is 0 Å². The standard InChI is InChI=1S/C19H23ClN2O5/c1-11-7-14-13(10-21-22(14)16-5-3-4-6-27-16)18(19(11)20)15(24)8-12(23)9-17(25)26-2/h7,10,15-16,24H,3-6,8-9H2,1-2H3. The second-order valence-corrected chi connectivity index (χ2v) is 7.15. The molecule has 2 atom stereocenters. The van der Waals surface area contributed by atoms with Crippen LogP contribution in [0.1, 0.15) is 55.6 Å². The maximum Gasteiger partial charge on any atom is 0.313 e. The fourth-order valence-corrected chi connectivity index (χ4v) is 3.70. The molecule has 1 aromatic heterocycles. The van der Waals surface area contributed by atoms with Crippen LogP contribution >= 0.6 is 11.6 Å². The van der Waals surface area contributed by atoms with Crippen molar-refractivity contribution in [3.63, 3.8) is 0 Å². The number of halogens is 1. The van der Waals surface area contributed by atoms with Crippen LogP contribution in [-0.2, 0) is 19.1 Å². The zero-order chi connectivity index (χ0) is 19.6. The van der Waals surface area contributed by atoms with E-state index in [0.717, 1.165) is 30.3 Å². The molecule has 146 valence electrons. The zero-order valence-corrected chi connectivity index (χ0v) is 16.2. The molecule has 1 fully saturated rings. The van der Waals surface area contributed by atoms with Crippen LogP contribution in [0.5, 0.6) is 0 Å². The number of ketones is 1. The van der Waals surface area contributed by atoms with Crippen LogP contribution in [0.15, 0.2) is 12.3 Å². The minimum absolute atomic E-state index is 0.150. The summed E-state index contributed by atoms with van der Waals surface area (Å²) < 4.78 is 12.1. The number of methoxy groups -OCH3 is 1. The molecule has 2 aromatic rings. The molecule has 8 heteroatoms. The Labute approximate surface area is 162 Å². The fourth-order valence-electron chi connectivity index (χ4n) is 3.42. The minimum Gasteiger partial charge on any atom is -0.469 e. The summed E-state index contributed by atoms with van der Waals surface area (Å²) in [5, 5.41) is 16.2. The second kappa shape index (κ2) is 8.37. The maximum atomic E-state index is 12.0. The van der Waals surface area contributed by atoms with Crippen molar-refractivity contribution in [1.29, 1.82) is 0 Å². The van der Waals surface area contributed by atoms with E-state index < -0.39 is 17.9 Å². The lowest BCUT2D eigenvalue weighted by Crippen LogP contribution is -2.19. The highest BCUT2D eigenvalue weighted by atomic mass is 35.5. The molecule has 0 bridgehead atoms. The lowest BCUT2D eigenvalue weighted by Gasteiger charge is -2.24. The number of carbonyl (C=O) groups is 2. The van der Waals surface area contributed by atoms with E-state index in [9.17, 15) is 14.7 Å². The highest BCUT2D eigenvalue weighted by Crippen LogP contribution is 2.37. The highest BCUT2D eigenvalue weighted by molar-refractivity contribution is 6.33. The van der Waals surface area contributed by atoms with Crippen LogP contribution in [-0.4, -0.2) is 40.4 Å². The summed E-state index contributed by atoms with van der Waals surface area (Å²) in [5.41, 5.74) is 2.03. The van der Waals surface area contributed by atoms with E-state index in [0.29, 0.717) is 22.6 Å². The van der Waals surface area contributed by atoms with Crippen LogP contribution in [0.4, 0.5) is 0 Å². The Balaban J connectivity index is 1.94. The number of aryl methyl sites for hydroxylation is 1. The number of aromatic nitrogens is 2. The molecule has 0 spiro atoms. The molecular weight excluding hydrogens is 372 g/mol. The smallest absolute Gasteiger partial charge is 0.313 e. The lowest BCUT2D eigenvalue weighted by atomic mass is 9.97. The summed E-state index contributed by atoms with van der Waals surface area (Å²) in [6, 6.07) is 1.91. The summed E-state index contributed by atoms with van der Waals surface area (Å²) in [4.78, 5) is 23.3. The number of rotatable bonds is 6. The molecule has 0 aliphatic carbocycles. The first-order valence-electron chi connectivity index (χ1n) is 8.96. The Morgan fingerprint density at radius 1 is 1.48 bits per heavy atom. The number of esters is 1. The normalized spacial score (nSPS) is 18.4. The van der Waals surface area contributed by atoms with Gasteiger partial charge in [0.2, 0.25) is 0 Å². The van der Waals surface area contributed by atoms with E-state index >= 15 is 0 Å². The van der Waals surface area contributed by atoms with Gasteiger partial charge in [0, 0.05) is 24.0 Å². The molecule has 1 aliphatic rings. The Morgan fingerprint density at radius 3 is 2.93 bits per heavy atom. The number of hydrogen-bond acceptors (Lipinski definition) is 6. The van der Waals surface area contributed by atoms with Crippen LogP contribution < -0.4 is 0 Å². The number of ether oxygens (including phenoxy) is 2. The predicted molar refractivity (Wildman–Crippen MR) is 99.5 cm³/mol. The summed E-state index contributed by atoms with van der Waals surface area (Å²) in [6.07, 6.45) is 2.72. The topological polar surface area (TPSA) is 90.7 Å². The average molecular weight is 395 g/mol. The third kappa shape index (κ3) is 4.15. The van der Waals surface area contributed by atoms with Crippen molar-refractivity contribution in [2.45, 2.75) is 51.4 Å². The van der Waals surface area contributed by atoms with Crippen LogP contribution in [0.3, 0.4) is 0 Å². The van der Waals surface area contributed by atoms with Gasteiger partial charge in [-0.05, 0) is 37.8 Å². The molecule has 1 saturated heterocycles. The number of carbonyl (C=O) groups excluding carboxylic acids is 2. The number of nitrogens with zero attached hydrogens (tertiary/aromatic N) is 2. The van der Waals surface area contributed by atoms with Crippen molar-refractivity contribution in [2.24, 2.45) is 0 Å². The summed E-state index contributed by atoms with van der Waals surface area (Å²) in [7, 11) is 1.22. The van der Waals surface area contributed by atoms with Gasteiger partial charge in [0.05, 0.1) is 29.9 Å². The average Bonchev–Trinajstić information content (AvgIpc) is 3.05. The van der Waals surface area contributed by atoms with Gasteiger partial charge in [-0.1, -0.05) is 11.6 Å². The van der Waals surface area contributed by atoms with Crippen molar-refractivity contribution < 1.29 is 24.2 Å². The number of aliphatic hydroxyl groups is 1. The molecule has 7 nitrogen and oxygen atoms in total. The maximum absolute atomic E-state index is 12.0. The van der Waals surface area contributed by atoms with Gasteiger partial charge in [0.1, 0.15) is 12.2 Å². The van der Waals surface area contributed by atoms with Crippen molar-refractivity contribution in [2.75, 3.05) is 13.7 Å². The first-order chi connectivity index (χ1) is 12.9. The molecule has 0 radical (unpaired) electrons. The SMILES string of the molecule is COC(=O)CC(=O)CC(O)c1c(Cl)c(C)cc2c1cnn2C1CCCCO1. The Morgan fingerprint density at radius 2 is 2.26 bits per heavy atom. The van der Waals surface area contributed by atoms with Crippen LogP contribution in [0.25, 0.3) is 10.9 Å². The van der Waals surface area contributed by atoms with Gasteiger partial charge in [0.15, 0.2) is 6.23 Å². The summed E-state index contributed by atoms with van der Waals surface area (Å²) in [5.74, 6) is -1.04. The van der Waals surface area contributed by atoms with Gasteiger partial charge in [-0.25, -0.2) is 4.68 Å². The Bertz CT molecular complexity index is 857. The largest absolute Gasteiger partial charge is 0.469 e. The number of Topliss-reactive ketones (excluding diaryl/α,β-unsaturated/α-hetero) is 1. The monoisotopic (exact) mass is 394 g/mol. The minimum atomic E-state index is -1.14. The summed E-state index contributed by atoms with van der Waals surface area (Å²) >= 11 is 6.45. The van der Waals surface area contributed by atoms with Gasteiger partial charge >= 0.3 is 5.97 Å². The van der Waals surface area contributed by atoms with Gasteiger partial charge < -0.3 is 14.6 Å². The number of hydrogen-bond donors (Lipinski definition) is 1. The molecule has 1 N–H and O–H groups in total. The molecule has 3 rings (SSSR count).